The van der Waals surface area contributed by atoms with Crippen LogP contribution in [0.5, 0.6) is 5.75 Å². The molecule has 0 aliphatic carbocycles. The molecule has 1 aromatic carbocycles. The van der Waals surface area contributed by atoms with Crippen LogP contribution in [-0.4, -0.2) is 17.0 Å². The maximum absolute atomic E-state index is 5.77. The summed E-state index contributed by atoms with van der Waals surface area (Å²) < 4.78 is 5.77. The van der Waals surface area contributed by atoms with Crippen LogP contribution < -0.4 is 10.1 Å². The molecule has 2 aromatic heterocycles. The molecule has 3 aromatic rings. The maximum atomic E-state index is 5.77. The SMILES string of the molecule is CNc1ccnc(COc2ccc3cccnc3c2)c1. The van der Waals surface area contributed by atoms with Crippen LogP contribution in [0.2, 0.25) is 0 Å². The van der Waals surface area contributed by atoms with E-state index in [1.807, 2.05) is 49.5 Å². The second-order valence-electron chi connectivity index (χ2n) is 4.43. The van der Waals surface area contributed by atoms with Gasteiger partial charge in [-0.15, -0.1) is 0 Å². The third-order valence-corrected chi connectivity index (χ3v) is 3.07. The molecule has 0 unspecified atom stereocenters. The molecule has 0 bridgehead atoms. The summed E-state index contributed by atoms with van der Waals surface area (Å²) in [5.41, 5.74) is 2.85. The molecule has 4 heteroatoms. The van der Waals surface area contributed by atoms with E-state index in [4.69, 9.17) is 4.74 Å². The number of nitrogens with one attached hydrogen (secondary N) is 1. The van der Waals surface area contributed by atoms with Crippen molar-refractivity contribution in [3.63, 3.8) is 0 Å². The third-order valence-electron chi connectivity index (χ3n) is 3.07. The smallest absolute Gasteiger partial charge is 0.130 e. The highest BCUT2D eigenvalue weighted by atomic mass is 16.5. The molecule has 0 saturated heterocycles. The van der Waals surface area contributed by atoms with Gasteiger partial charge in [0.1, 0.15) is 12.4 Å². The molecule has 20 heavy (non-hydrogen) atoms. The Morgan fingerprint density at radius 1 is 1.05 bits per heavy atom. The second kappa shape index (κ2) is 5.57. The lowest BCUT2D eigenvalue weighted by molar-refractivity contribution is 0.302. The first kappa shape index (κ1) is 12.4. The van der Waals surface area contributed by atoms with Gasteiger partial charge in [-0.2, -0.15) is 0 Å². The van der Waals surface area contributed by atoms with Crippen LogP contribution in [0.1, 0.15) is 5.69 Å². The van der Waals surface area contributed by atoms with Crippen molar-refractivity contribution >= 4 is 16.6 Å². The number of rotatable bonds is 4. The van der Waals surface area contributed by atoms with Gasteiger partial charge in [0.05, 0.1) is 11.2 Å². The van der Waals surface area contributed by atoms with E-state index in [0.717, 1.165) is 28.0 Å². The van der Waals surface area contributed by atoms with Crippen molar-refractivity contribution < 1.29 is 4.74 Å². The molecule has 0 aliphatic heterocycles. The van der Waals surface area contributed by atoms with E-state index < -0.39 is 0 Å². The molecule has 0 fully saturated rings. The van der Waals surface area contributed by atoms with Crippen molar-refractivity contribution in [3.8, 4) is 5.75 Å². The molecule has 3 rings (SSSR count). The zero-order valence-corrected chi connectivity index (χ0v) is 11.2. The molecule has 0 amide bonds. The van der Waals surface area contributed by atoms with Gasteiger partial charge in [-0.3, -0.25) is 9.97 Å². The number of aromatic nitrogens is 2. The quantitative estimate of drug-likeness (QED) is 0.786. The standard InChI is InChI=1S/C16H15N3O/c1-17-13-6-8-18-14(9-13)11-20-15-5-4-12-3-2-7-19-16(12)10-15/h2-10H,11H2,1H3,(H,17,18). The van der Waals surface area contributed by atoms with Crippen molar-refractivity contribution in [1.82, 2.24) is 9.97 Å². The predicted molar refractivity (Wildman–Crippen MR) is 79.9 cm³/mol. The van der Waals surface area contributed by atoms with Gasteiger partial charge < -0.3 is 10.1 Å². The number of pyridine rings is 2. The molecule has 0 atom stereocenters. The Kier molecular flexibility index (Phi) is 3.46. The average molecular weight is 265 g/mol. The highest BCUT2D eigenvalue weighted by Crippen LogP contribution is 2.19. The molecular weight excluding hydrogens is 250 g/mol. The zero-order chi connectivity index (χ0) is 13.8. The highest BCUT2D eigenvalue weighted by Gasteiger charge is 2.00. The van der Waals surface area contributed by atoms with Gasteiger partial charge in [0.2, 0.25) is 0 Å². The lowest BCUT2D eigenvalue weighted by Crippen LogP contribution is -1.99. The van der Waals surface area contributed by atoms with Crippen molar-refractivity contribution in [2.75, 3.05) is 12.4 Å². The summed E-state index contributed by atoms with van der Waals surface area (Å²) >= 11 is 0. The minimum Gasteiger partial charge on any atom is -0.487 e. The van der Waals surface area contributed by atoms with E-state index in [0.29, 0.717) is 6.61 Å². The Morgan fingerprint density at radius 3 is 2.90 bits per heavy atom. The van der Waals surface area contributed by atoms with Gasteiger partial charge in [0.15, 0.2) is 0 Å². The van der Waals surface area contributed by atoms with Gasteiger partial charge in [-0.05, 0) is 30.3 Å². The summed E-state index contributed by atoms with van der Waals surface area (Å²) in [5.74, 6) is 0.799. The summed E-state index contributed by atoms with van der Waals surface area (Å²) in [6.45, 7) is 0.438. The second-order valence-corrected chi connectivity index (χ2v) is 4.43. The van der Waals surface area contributed by atoms with Gasteiger partial charge in [0.25, 0.3) is 0 Å². The monoisotopic (exact) mass is 265 g/mol. The summed E-state index contributed by atoms with van der Waals surface area (Å²) in [4.78, 5) is 8.60. The summed E-state index contributed by atoms with van der Waals surface area (Å²) in [5, 5.41) is 4.19. The van der Waals surface area contributed by atoms with E-state index in [2.05, 4.69) is 15.3 Å². The zero-order valence-electron chi connectivity index (χ0n) is 11.2. The van der Waals surface area contributed by atoms with Crippen molar-refractivity contribution in [3.05, 3.63) is 60.6 Å². The van der Waals surface area contributed by atoms with Crippen molar-refractivity contribution in [1.29, 1.82) is 0 Å². The highest BCUT2D eigenvalue weighted by molar-refractivity contribution is 5.79. The van der Waals surface area contributed by atoms with Crippen molar-refractivity contribution in [2.45, 2.75) is 6.61 Å². The number of fused-ring (bicyclic) bond motifs is 1. The Balaban J connectivity index is 1.76. The minimum absolute atomic E-state index is 0.438. The van der Waals surface area contributed by atoms with Crippen LogP contribution in [0.3, 0.4) is 0 Å². The average Bonchev–Trinajstić information content (AvgIpc) is 2.53. The fraction of sp³-hybridized carbons (Fsp3) is 0.125. The number of hydrogen-bond donors (Lipinski definition) is 1. The number of hydrogen-bond acceptors (Lipinski definition) is 4. The molecule has 4 nitrogen and oxygen atoms in total. The molecular formula is C16H15N3O. The normalized spacial score (nSPS) is 10.4. The summed E-state index contributed by atoms with van der Waals surface area (Å²) in [6, 6.07) is 13.8. The Hall–Kier alpha value is -2.62. The Morgan fingerprint density at radius 2 is 2.00 bits per heavy atom. The maximum Gasteiger partial charge on any atom is 0.130 e. The van der Waals surface area contributed by atoms with Crippen LogP contribution in [0.4, 0.5) is 5.69 Å². The van der Waals surface area contributed by atoms with E-state index in [1.54, 1.807) is 12.4 Å². The largest absolute Gasteiger partial charge is 0.487 e. The van der Waals surface area contributed by atoms with E-state index >= 15 is 0 Å². The van der Waals surface area contributed by atoms with Gasteiger partial charge in [-0.1, -0.05) is 6.07 Å². The number of nitrogens with zero attached hydrogens (tertiary/aromatic N) is 2. The molecule has 2 heterocycles. The van der Waals surface area contributed by atoms with Gasteiger partial charge in [0, 0.05) is 36.6 Å². The number of benzene rings is 1. The fourth-order valence-corrected chi connectivity index (χ4v) is 2.01. The van der Waals surface area contributed by atoms with Crippen LogP contribution in [0, 0.1) is 0 Å². The molecule has 0 aliphatic rings. The first-order valence-corrected chi connectivity index (χ1v) is 6.45. The fourth-order valence-electron chi connectivity index (χ4n) is 2.01. The van der Waals surface area contributed by atoms with Crippen molar-refractivity contribution in [2.24, 2.45) is 0 Å². The van der Waals surface area contributed by atoms with Gasteiger partial charge in [-0.25, -0.2) is 0 Å². The van der Waals surface area contributed by atoms with E-state index in [-0.39, 0.29) is 0 Å². The Labute approximate surface area is 117 Å². The first-order valence-electron chi connectivity index (χ1n) is 6.45. The van der Waals surface area contributed by atoms with Crippen LogP contribution in [-0.2, 0) is 6.61 Å². The number of anilines is 1. The summed E-state index contributed by atoms with van der Waals surface area (Å²) in [7, 11) is 1.88. The topological polar surface area (TPSA) is 47.0 Å². The van der Waals surface area contributed by atoms with E-state index in [9.17, 15) is 0 Å². The van der Waals surface area contributed by atoms with E-state index in [1.165, 1.54) is 0 Å². The summed E-state index contributed by atoms with van der Waals surface area (Å²) in [6.07, 6.45) is 3.55. The lowest BCUT2D eigenvalue weighted by atomic mass is 10.2. The lowest BCUT2D eigenvalue weighted by Gasteiger charge is -2.07. The van der Waals surface area contributed by atoms with Gasteiger partial charge >= 0.3 is 0 Å². The molecule has 1 N–H and O–H groups in total. The van der Waals surface area contributed by atoms with Crippen LogP contribution >= 0.6 is 0 Å². The molecule has 0 saturated carbocycles. The molecule has 0 spiro atoms. The van der Waals surface area contributed by atoms with Crippen LogP contribution in [0.25, 0.3) is 10.9 Å². The third kappa shape index (κ3) is 2.69. The molecule has 100 valence electrons. The predicted octanol–water partition coefficient (Wildman–Crippen LogP) is 3.25. The number of ether oxygens (including phenoxy) is 1. The van der Waals surface area contributed by atoms with Crippen LogP contribution in [0.15, 0.2) is 54.9 Å². The minimum atomic E-state index is 0.438. The Bertz CT molecular complexity index is 727. The first-order chi connectivity index (χ1) is 9.85. The molecule has 0 radical (unpaired) electrons.